The number of pyridine rings is 1. The number of piperazine rings is 1. The van der Waals surface area contributed by atoms with Gasteiger partial charge < -0.3 is 25.0 Å². The maximum absolute atomic E-state index is 14.6. The van der Waals surface area contributed by atoms with Crippen LogP contribution >= 0.6 is 0 Å². The highest BCUT2D eigenvalue weighted by Crippen LogP contribution is 2.31. The minimum atomic E-state index is -1.53. The summed E-state index contributed by atoms with van der Waals surface area (Å²) in [6, 6.07) is 0. The molecule has 1 atom stereocenters. The van der Waals surface area contributed by atoms with E-state index in [4.69, 9.17) is 5.11 Å². The van der Waals surface area contributed by atoms with Gasteiger partial charge in [0.2, 0.25) is 0 Å². The lowest BCUT2D eigenvalue weighted by Gasteiger charge is -2.38. The van der Waals surface area contributed by atoms with Crippen LogP contribution in [-0.4, -0.2) is 70.4 Å². The number of carbonyl (C=O) groups is 1. The summed E-state index contributed by atoms with van der Waals surface area (Å²) < 4.78 is 14.6. The fourth-order valence-electron chi connectivity index (χ4n) is 3.09. The summed E-state index contributed by atoms with van der Waals surface area (Å²) in [7, 11) is 1.97. The SMILES string of the molecule is CN1CCN(C2=C(O)c3[nH]cc(C(=O)O)c(=O)c3CC2F)CC1. The van der Waals surface area contributed by atoms with Crippen LogP contribution in [0.2, 0.25) is 0 Å². The van der Waals surface area contributed by atoms with Crippen LogP contribution in [0.15, 0.2) is 16.7 Å². The molecule has 0 bridgehead atoms. The second-order valence-electron chi connectivity index (χ2n) is 5.89. The van der Waals surface area contributed by atoms with Crippen molar-refractivity contribution in [2.45, 2.75) is 12.6 Å². The zero-order valence-corrected chi connectivity index (χ0v) is 12.7. The molecule has 2 aliphatic rings. The average Bonchev–Trinajstić information content (AvgIpc) is 2.50. The van der Waals surface area contributed by atoms with Gasteiger partial charge in [-0.2, -0.15) is 0 Å². The van der Waals surface area contributed by atoms with E-state index in [1.165, 1.54) is 0 Å². The highest BCUT2D eigenvalue weighted by molar-refractivity contribution is 5.87. The summed E-state index contributed by atoms with van der Waals surface area (Å²) >= 11 is 0. The average molecular weight is 323 g/mol. The van der Waals surface area contributed by atoms with Crippen molar-refractivity contribution >= 4 is 11.7 Å². The molecule has 3 N–H and O–H groups in total. The van der Waals surface area contributed by atoms with Gasteiger partial charge >= 0.3 is 5.97 Å². The lowest BCUT2D eigenvalue weighted by Crippen LogP contribution is -2.47. The lowest BCUT2D eigenvalue weighted by molar-refractivity contribution is 0.0694. The number of rotatable bonds is 2. The van der Waals surface area contributed by atoms with Gasteiger partial charge in [0, 0.05) is 44.4 Å². The Labute approximate surface area is 131 Å². The number of aromatic amines is 1. The zero-order chi connectivity index (χ0) is 16.7. The Morgan fingerprint density at radius 1 is 1.35 bits per heavy atom. The smallest absolute Gasteiger partial charge is 0.341 e. The molecule has 7 nitrogen and oxygen atoms in total. The zero-order valence-electron chi connectivity index (χ0n) is 12.7. The molecule has 0 radical (unpaired) electrons. The summed E-state index contributed by atoms with van der Waals surface area (Å²) in [5.74, 6) is -1.69. The Morgan fingerprint density at radius 3 is 2.61 bits per heavy atom. The number of likely N-dealkylation sites (N-methyl/N-ethyl adjacent to an activating group) is 1. The Bertz CT molecular complexity index is 735. The molecule has 124 valence electrons. The molecule has 1 aromatic heterocycles. The van der Waals surface area contributed by atoms with Gasteiger partial charge in [-0.1, -0.05) is 0 Å². The van der Waals surface area contributed by atoms with Crippen molar-refractivity contribution in [2.75, 3.05) is 33.2 Å². The number of aromatic carboxylic acids is 1. The van der Waals surface area contributed by atoms with Gasteiger partial charge in [-0.3, -0.25) is 4.79 Å². The molecule has 1 saturated heterocycles. The predicted molar refractivity (Wildman–Crippen MR) is 81.2 cm³/mol. The molecule has 8 heteroatoms. The first-order valence-electron chi connectivity index (χ1n) is 7.39. The molecular formula is C15H18FN3O4. The second kappa shape index (κ2) is 5.69. The van der Waals surface area contributed by atoms with Crippen LogP contribution in [0, 0.1) is 0 Å². The Hall–Kier alpha value is -2.35. The number of aliphatic hydroxyl groups is 1. The first-order chi connectivity index (χ1) is 10.9. The highest BCUT2D eigenvalue weighted by Gasteiger charge is 2.34. The van der Waals surface area contributed by atoms with Gasteiger partial charge in [-0.15, -0.1) is 0 Å². The largest absolute Gasteiger partial charge is 0.504 e. The first kappa shape index (κ1) is 15.5. The number of hydrogen-bond donors (Lipinski definition) is 3. The molecular weight excluding hydrogens is 305 g/mol. The van der Waals surface area contributed by atoms with Crippen molar-refractivity contribution in [3.8, 4) is 0 Å². The van der Waals surface area contributed by atoms with Gasteiger partial charge in [-0.05, 0) is 7.05 Å². The maximum Gasteiger partial charge on any atom is 0.341 e. The second-order valence-corrected chi connectivity index (χ2v) is 5.89. The molecule has 0 spiro atoms. The number of nitrogens with zero attached hydrogens (tertiary/aromatic N) is 2. The van der Waals surface area contributed by atoms with E-state index in [0.717, 1.165) is 19.3 Å². The molecule has 0 amide bonds. The van der Waals surface area contributed by atoms with E-state index in [2.05, 4.69) is 9.88 Å². The van der Waals surface area contributed by atoms with Crippen molar-refractivity contribution in [2.24, 2.45) is 0 Å². The van der Waals surface area contributed by atoms with E-state index < -0.39 is 23.1 Å². The van der Waals surface area contributed by atoms with Crippen LogP contribution in [0.4, 0.5) is 4.39 Å². The first-order valence-corrected chi connectivity index (χ1v) is 7.39. The van der Waals surface area contributed by atoms with Crippen LogP contribution in [0.1, 0.15) is 21.6 Å². The molecule has 3 rings (SSSR count). The van der Waals surface area contributed by atoms with E-state index in [1.807, 2.05) is 7.05 Å². The Balaban J connectivity index is 2.05. The predicted octanol–water partition coefficient (Wildman–Crippen LogP) is 0.441. The highest BCUT2D eigenvalue weighted by atomic mass is 19.1. The lowest BCUT2D eigenvalue weighted by atomic mass is 9.93. The number of carboxylic acid groups (broad SMARTS) is 1. The quantitative estimate of drug-likeness (QED) is 0.731. The van der Waals surface area contributed by atoms with E-state index in [0.29, 0.717) is 13.1 Å². The topological polar surface area (TPSA) is 96.9 Å². The van der Waals surface area contributed by atoms with Gasteiger partial charge in [0.15, 0.2) is 11.2 Å². The number of fused-ring (bicyclic) bond motifs is 1. The normalized spacial score (nSPS) is 22.2. The van der Waals surface area contributed by atoms with Gasteiger partial charge in [-0.25, -0.2) is 9.18 Å². The van der Waals surface area contributed by atoms with Crippen LogP contribution in [0.25, 0.3) is 5.76 Å². The summed E-state index contributed by atoms with van der Waals surface area (Å²) in [5, 5.41) is 19.4. The number of nitrogens with one attached hydrogen (secondary N) is 1. The fraction of sp³-hybridized carbons (Fsp3) is 0.467. The summed E-state index contributed by atoms with van der Waals surface area (Å²) in [5.41, 5.74) is -0.940. The molecule has 1 aliphatic carbocycles. The number of H-pyrrole nitrogens is 1. The number of allylic oxidation sites excluding steroid dienone is 1. The van der Waals surface area contributed by atoms with Crippen molar-refractivity contribution in [1.29, 1.82) is 0 Å². The van der Waals surface area contributed by atoms with E-state index in [1.54, 1.807) is 4.90 Å². The fourth-order valence-corrected chi connectivity index (χ4v) is 3.09. The Kier molecular flexibility index (Phi) is 3.85. The third kappa shape index (κ3) is 2.59. The minimum absolute atomic E-state index is 0.0206. The van der Waals surface area contributed by atoms with Crippen molar-refractivity contribution < 1.29 is 19.4 Å². The Morgan fingerprint density at radius 2 is 2.00 bits per heavy atom. The van der Waals surface area contributed by atoms with Crippen molar-refractivity contribution in [1.82, 2.24) is 14.8 Å². The molecule has 0 aromatic carbocycles. The molecule has 1 aliphatic heterocycles. The van der Waals surface area contributed by atoms with Crippen LogP contribution in [0.3, 0.4) is 0 Å². The van der Waals surface area contributed by atoms with Gasteiger partial charge in [0.25, 0.3) is 0 Å². The van der Waals surface area contributed by atoms with Crippen molar-refractivity contribution in [3.05, 3.63) is 38.9 Å². The van der Waals surface area contributed by atoms with E-state index in [-0.39, 0.29) is 29.1 Å². The van der Waals surface area contributed by atoms with Crippen molar-refractivity contribution in [3.63, 3.8) is 0 Å². The standard InChI is InChI=1S/C15H18FN3O4/c1-18-2-4-19(5-3-18)12-10(16)6-8-11(14(12)21)17-7-9(13(8)20)15(22)23/h7,10,21H,2-6H2,1H3,(H,17,20)(H,22,23). The van der Waals surface area contributed by atoms with E-state index in [9.17, 15) is 19.1 Å². The number of aromatic nitrogens is 1. The third-order valence-corrected chi connectivity index (χ3v) is 4.42. The molecule has 1 fully saturated rings. The number of carboxylic acids is 1. The summed E-state index contributed by atoms with van der Waals surface area (Å²) in [6.07, 6.45) is -0.728. The molecule has 2 heterocycles. The third-order valence-electron chi connectivity index (χ3n) is 4.42. The molecule has 1 unspecified atom stereocenters. The summed E-state index contributed by atoms with van der Waals surface area (Å²) in [4.78, 5) is 29.7. The molecule has 1 aromatic rings. The molecule has 23 heavy (non-hydrogen) atoms. The number of halogens is 1. The number of aliphatic hydroxyl groups excluding tert-OH is 1. The monoisotopic (exact) mass is 323 g/mol. The maximum atomic E-state index is 14.6. The van der Waals surface area contributed by atoms with Crippen LogP contribution in [0.5, 0.6) is 0 Å². The number of hydrogen-bond acceptors (Lipinski definition) is 5. The van der Waals surface area contributed by atoms with E-state index >= 15 is 0 Å². The number of alkyl halides is 1. The molecule has 0 saturated carbocycles. The summed E-state index contributed by atoms with van der Waals surface area (Å²) in [6.45, 7) is 2.68. The van der Waals surface area contributed by atoms with Crippen LogP contribution < -0.4 is 5.43 Å². The van der Waals surface area contributed by atoms with Crippen LogP contribution in [-0.2, 0) is 6.42 Å². The minimum Gasteiger partial charge on any atom is -0.504 e. The van der Waals surface area contributed by atoms with Gasteiger partial charge in [0.05, 0.1) is 11.4 Å². The van der Waals surface area contributed by atoms with Gasteiger partial charge in [0.1, 0.15) is 11.7 Å².